The summed E-state index contributed by atoms with van der Waals surface area (Å²) < 4.78 is 0. The van der Waals surface area contributed by atoms with Crippen LogP contribution in [0.25, 0.3) is 0 Å². The van der Waals surface area contributed by atoms with Crippen molar-refractivity contribution in [1.82, 2.24) is 10.3 Å². The Morgan fingerprint density at radius 3 is 2.65 bits per heavy atom. The van der Waals surface area contributed by atoms with Crippen LogP contribution < -0.4 is 16.6 Å². The van der Waals surface area contributed by atoms with Crippen LogP contribution in [0.15, 0.2) is 10.9 Å². The first-order valence-electron chi connectivity index (χ1n) is 9.11. The number of aromatic nitrogens is 1. The maximum absolute atomic E-state index is 12.6. The standard InChI is InChI=1S/C19H27N3O3.ClH/c1-19(2)8-15-12(16(23)9-19)7-13(18(25)22-15)17(24)21-14-6-4-3-5-11(14)10-20;/h7,11,14H,3-6,8-10,20H2,1-2H3,(H,21,24)(H,22,25);1H. The SMILES string of the molecule is CC1(C)CC(=O)c2cc(C(=O)NC3CCCCC3CN)c(=O)[nH]c2C1.Cl. The van der Waals surface area contributed by atoms with Crippen LogP contribution in [0.3, 0.4) is 0 Å². The number of fused-ring (bicyclic) bond motifs is 1. The Balaban J connectivity index is 0.00000243. The molecule has 0 spiro atoms. The topological polar surface area (TPSA) is 105 Å². The lowest BCUT2D eigenvalue weighted by atomic mass is 9.75. The third-order valence-corrected chi connectivity index (χ3v) is 5.49. The summed E-state index contributed by atoms with van der Waals surface area (Å²) in [7, 11) is 0. The number of carbonyl (C=O) groups excluding carboxylic acids is 2. The van der Waals surface area contributed by atoms with Crippen molar-refractivity contribution in [3.63, 3.8) is 0 Å². The summed E-state index contributed by atoms with van der Waals surface area (Å²) in [5.74, 6) is -0.182. The summed E-state index contributed by atoms with van der Waals surface area (Å²) in [4.78, 5) is 40.2. The summed E-state index contributed by atoms with van der Waals surface area (Å²) in [6.07, 6.45) is 5.10. The van der Waals surface area contributed by atoms with E-state index in [4.69, 9.17) is 5.73 Å². The van der Waals surface area contributed by atoms with Gasteiger partial charge in [-0.25, -0.2) is 0 Å². The van der Waals surface area contributed by atoms with Gasteiger partial charge in [0.15, 0.2) is 5.78 Å². The van der Waals surface area contributed by atoms with Gasteiger partial charge in [-0.1, -0.05) is 26.7 Å². The number of amides is 1. The molecular weight excluding hydrogens is 354 g/mol. The predicted octanol–water partition coefficient (Wildman–Crippen LogP) is 2.20. The van der Waals surface area contributed by atoms with E-state index in [1.165, 1.54) is 6.07 Å². The van der Waals surface area contributed by atoms with Crippen LogP contribution in [0, 0.1) is 11.3 Å². The van der Waals surface area contributed by atoms with Crippen molar-refractivity contribution in [3.8, 4) is 0 Å². The third kappa shape index (κ3) is 4.18. The second-order valence-electron chi connectivity index (χ2n) is 8.21. The zero-order valence-corrected chi connectivity index (χ0v) is 16.2. The monoisotopic (exact) mass is 381 g/mol. The molecule has 0 aliphatic heterocycles. The number of carbonyl (C=O) groups is 2. The molecule has 6 nitrogen and oxygen atoms in total. The molecule has 1 saturated carbocycles. The highest BCUT2D eigenvalue weighted by atomic mass is 35.5. The highest BCUT2D eigenvalue weighted by molar-refractivity contribution is 6.02. The van der Waals surface area contributed by atoms with Gasteiger partial charge in [0.2, 0.25) is 0 Å². The van der Waals surface area contributed by atoms with Crippen LogP contribution in [-0.4, -0.2) is 29.3 Å². The van der Waals surface area contributed by atoms with Gasteiger partial charge in [-0.15, -0.1) is 12.4 Å². The lowest BCUT2D eigenvalue weighted by Crippen LogP contribution is -2.46. The average Bonchev–Trinajstić information content (AvgIpc) is 2.53. The fourth-order valence-electron chi connectivity index (χ4n) is 4.12. The molecule has 1 aromatic rings. The number of nitrogens with one attached hydrogen (secondary N) is 2. The normalized spacial score (nSPS) is 24.3. The predicted molar refractivity (Wildman–Crippen MR) is 103 cm³/mol. The first-order valence-corrected chi connectivity index (χ1v) is 9.11. The lowest BCUT2D eigenvalue weighted by Gasteiger charge is -2.31. The third-order valence-electron chi connectivity index (χ3n) is 5.49. The lowest BCUT2D eigenvalue weighted by molar-refractivity contribution is 0.0906. The molecule has 2 unspecified atom stereocenters. The second kappa shape index (κ2) is 7.92. The van der Waals surface area contributed by atoms with Crippen LogP contribution in [-0.2, 0) is 6.42 Å². The molecule has 2 aliphatic rings. The van der Waals surface area contributed by atoms with Gasteiger partial charge >= 0.3 is 0 Å². The summed E-state index contributed by atoms with van der Waals surface area (Å²) in [6.45, 7) is 4.53. The molecule has 2 atom stereocenters. The number of Topliss-reactive ketones (excluding diaryl/α,β-unsaturated/α-hetero) is 1. The quantitative estimate of drug-likeness (QED) is 0.746. The van der Waals surface area contributed by atoms with Gasteiger partial charge in [-0.2, -0.15) is 0 Å². The van der Waals surface area contributed by atoms with E-state index in [0.717, 1.165) is 25.7 Å². The van der Waals surface area contributed by atoms with Gasteiger partial charge < -0.3 is 16.0 Å². The van der Waals surface area contributed by atoms with Gasteiger partial charge in [-0.05, 0) is 43.2 Å². The molecule has 144 valence electrons. The molecule has 0 aromatic carbocycles. The fourth-order valence-corrected chi connectivity index (χ4v) is 4.12. The maximum Gasteiger partial charge on any atom is 0.261 e. The molecule has 26 heavy (non-hydrogen) atoms. The Morgan fingerprint density at radius 1 is 1.27 bits per heavy atom. The summed E-state index contributed by atoms with van der Waals surface area (Å²) in [5, 5.41) is 2.96. The number of ketones is 1. The Labute approximate surface area is 159 Å². The number of nitrogens with two attached hydrogens (primary N) is 1. The Morgan fingerprint density at radius 2 is 1.96 bits per heavy atom. The van der Waals surface area contributed by atoms with Crippen LogP contribution in [0.4, 0.5) is 0 Å². The van der Waals surface area contributed by atoms with Crippen molar-refractivity contribution in [2.24, 2.45) is 17.1 Å². The summed E-state index contributed by atoms with van der Waals surface area (Å²) in [6, 6.07) is 1.47. The molecule has 0 bridgehead atoms. The Kier molecular flexibility index (Phi) is 6.29. The van der Waals surface area contributed by atoms with Crippen molar-refractivity contribution in [2.45, 2.75) is 58.4 Å². The van der Waals surface area contributed by atoms with Crippen molar-refractivity contribution < 1.29 is 9.59 Å². The minimum absolute atomic E-state index is 0. The molecule has 0 saturated heterocycles. The van der Waals surface area contributed by atoms with Crippen molar-refractivity contribution >= 4 is 24.1 Å². The molecule has 1 amide bonds. The number of H-pyrrole nitrogens is 1. The fraction of sp³-hybridized carbons (Fsp3) is 0.632. The number of halogens is 1. The van der Waals surface area contributed by atoms with Crippen LogP contribution in [0.1, 0.15) is 72.4 Å². The maximum atomic E-state index is 12.6. The summed E-state index contributed by atoms with van der Waals surface area (Å²) in [5.41, 5.74) is 6.34. The zero-order chi connectivity index (χ0) is 18.2. The smallest absolute Gasteiger partial charge is 0.261 e. The van der Waals surface area contributed by atoms with Crippen LogP contribution >= 0.6 is 12.4 Å². The van der Waals surface area contributed by atoms with Crippen LogP contribution in [0.5, 0.6) is 0 Å². The molecule has 0 radical (unpaired) electrons. The molecule has 7 heteroatoms. The van der Waals surface area contributed by atoms with Gasteiger partial charge in [-0.3, -0.25) is 14.4 Å². The Bertz CT molecular complexity index is 757. The highest BCUT2D eigenvalue weighted by Gasteiger charge is 2.33. The van der Waals surface area contributed by atoms with Gasteiger partial charge in [0.25, 0.3) is 11.5 Å². The van der Waals surface area contributed by atoms with E-state index in [-0.39, 0.29) is 41.1 Å². The van der Waals surface area contributed by atoms with Crippen LogP contribution in [0.2, 0.25) is 0 Å². The van der Waals surface area contributed by atoms with Gasteiger partial charge in [0, 0.05) is 23.7 Å². The molecular formula is C19H28ClN3O3. The first-order chi connectivity index (χ1) is 11.8. The van der Waals surface area contributed by atoms with E-state index in [2.05, 4.69) is 10.3 Å². The number of hydrogen-bond acceptors (Lipinski definition) is 4. The van der Waals surface area contributed by atoms with E-state index in [1.54, 1.807) is 0 Å². The largest absolute Gasteiger partial charge is 0.349 e. The molecule has 1 fully saturated rings. The number of rotatable bonds is 3. The van der Waals surface area contributed by atoms with E-state index < -0.39 is 11.5 Å². The molecule has 1 heterocycles. The minimum Gasteiger partial charge on any atom is -0.349 e. The van der Waals surface area contributed by atoms with E-state index >= 15 is 0 Å². The van der Waals surface area contributed by atoms with Crippen molar-refractivity contribution in [2.75, 3.05) is 6.54 Å². The minimum atomic E-state index is -0.429. The van der Waals surface area contributed by atoms with E-state index in [1.807, 2.05) is 13.8 Å². The van der Waals surface area contributed by atoms with Crippen molar-refractivity contribution in [1.29, 1.82) is 0 Å². The zero-order valence-electron chi connectivity index (χ0n) is 15.4. The van der Waals surface area contributed by atoms with Gasteiger partial charge in [0.1, 0.15) is 5.56 Å². The average molecular weight is 382 g/mol. The van der Waals surface area contributed by atoms with E-state index in [9.17, 15) is 14.4 Å². The van der Waals surface area contributed by atoms with E-state index in [0.29, 0.717) is 30.6 Å². The Hall–Kier alpha value is -1.66. The number of pyridine rings is 1. The van der Waals surface area contributed by atoms with Gasteiger partial charge in [0.05, 0.1) is 0 Å². The number of aromatic amines is 1. The molecule has 4 N–H and O–H groups in total. The summed E-state index contributed by atoms with van der Waals surface area (Å²) >= 11 is 0. The van der Waals surface area contributed by atoms with Crippen molar-refractivity contribution in [3.05, 3.63) is 33.2 Å². The second-order valence-corrected chi connectivity index (χ2v) is 8.21. The highest BCUT2D eigenvalue weighted by Crippen LogP contribution is 2.33. The first kappa shape index (κ1) is 20.6. The molecule has 2 aliphatic carbocycles. The molecule has 1 aromatic heterocycles. The molecule has 3 rings (SSSR count). The number of hydrogen-bond donors (Lipinski definition) is 3.